The molecule has 0 aliphatic rings. The average molecular weight is 654 g/mol. The fourth-order valence-electron chi connectivity index (χ4n) is 7.01. The summed E-state index contributed by atoms with van der Waals surface area (Å²) in [6, 6.07) is 61.7. The smallest absolute Gasteiger partial charge is 0.165 e. The van der Waals surface area contributed by atoms with Gasteiger partial charge >= 0.3 is 0 Å². The SMILES string of the molecule is Oc1ccc(-c2cccc3ccccc23)c(-c2nc(-c3ccccc3)nc(-c3ccc(-c4cccc5ccccc45)cc3)n2)c1-c1ccccc1. The summed E-state index contributed by atoms with van der Waals surface area (Å²) < 4.78 is 0. The first kappa shape index (κ1) is 30.2. The van der Waals surface area contributed by atoms with Gasteiger partial charge in [-0.15, -0.1) is 0 Å². The zero-order valence-corrected chi connectivity index (χ0v) is 27.6. The van der Waals surface area contributed by atoms with E-state index in [0.29, 0.717) is 23.0 Å². The van der Waals surface area contributed by atoms with Gasteiger partial charge in [-0.2, -0.15) is 0 Å². The van der Waals surface area contributed by atoms with Crippen LogP contribution in [-0.4, -0.2) is 20.1 Å². The van der Waals surface area contributed by atoms with Crippen molar-refractivity contribution in [2.24, 2.45) is 0 Å². The number of hydrogen-bond donors (Lipinski definition) is 1. The summed E-state index contributed by atoms with van der Waals surface area (Å²) in [5, 5.41) is 16.3. The Balaban J connectivity index is 1.29. The molecule has 0 spiro atoms. The highest BCUT2D eigenvalue weighted by molar-refractivity contribution is 6.04. The maximum atomic E-state index is 11.6. The molecule has 9 aromatic rings. The highest BCUT2D eigenvalue weighted by Gasteiger charge is 2.23. The third-order valence-corrected chi connectivity index (χ3v) is 9.46. The van der Waals surface area contributed by atoms with E-state index in [1.165, 1.54) is 16.3 Å². The van der Waals surface area contributed by atoms with E-state index in [2.05, 4.69) is 109 Å². The van der Waals surface area contributed by atoms with Crippen LogP contribution in [0.25, 0.3) is 89.1 Å². The second-order valence-electron chi connectivity index (χ2n) is 12.6. The van der Waals surface area contributed by atoms with Crippen LogP contribution in [0.1, 0.15) is 0 Å². The van der Waals surface area contributed by atoms with Gasteiger partial charge in [0.15, 0.2) is 17.5 Å². The van der Waals surface area contributed by atoms with Crippen LogP contribution in [0.3, 0.4) is 0 Å². The molecule has 4 heteroatoms. The van der Waals surface area contributed by atoms with Crippen LogP contribution in [-0.2, 0) is 0 Å². The Kier molecular flexibility index (Phi) is 7.60. The van der Waals surface area contributed by atoms with E-state index in [4.69, 9.17) is 15.0 Å². The fourth-order valence-corrected chi connectivity index (χ4v) is 7.01. The number of fused-ring (bicyclic) bond motifs is 2. The minimum atomic E-state index is 0.155. The van der Waals surface area contributed by atoms with Crippen LogP contribution in [0.5, 0.6) is 5.75 Å². The number of nitrogens with zero attached hydrogens (tertiary/aromatic N) is 3. The van der Waals surface area contributed by atoms with Gasteiger partial charge in [0.05, 0.1) is 0 Å². The van der Waals surface area contributed by atoms with Crippen LogP contribution in [0, 0.1) is 0 Å². The number of rotatable bonds is 6. The standard InChI is InChI=1S/C47H31N3O/c51-42-30-29-41(40-24-12-20-32-14-8-10-22-39(32)40)44(43(42)34-15-3-1-4-16-34)47-49-45(35-17-5-2-6-18-35)48-46(50-47)36-27-25-33(26-28-36)38-23-11-19-31-13-7-9-21-37(31)38/h1-30,51H. The third-order valence-electron chi connectivity index (χ3n) is 9.46. The van der Waals surface area contributed by atoms with E-state index in [1.54, 1.807) is 6.07 Å². The highest BCUT2D eigenvalue weighted by atomic mass is 16.3. The van der Waals surface area contributed by atoms with E-state index in [9.17, 15) is 5.11 Å². The first-order chi connectivity index (χ1) is 25.2. The largest absolute Gasteiger partial charge is 0.507 e. The summed E-state index contributed by atoms with van der Waals surface area (Å²) in [6.07, 6.45) is 0. The number of phenols is 1. The van der Waals surface area contributed by atoms with Crippen LogP contribution in [0.4, 0.5) is 0 Å². The van der Waals surface area contributed by atoms with E-state index in [-0.39, 0.29) is 5.75 Å². The predicted molar refractivity (Wildman–Crippen MR) is 209 cm³/mol. The second-order valence-corrected chi connectivity index (χ2v) is 12.6. The quantitative estimate of drug-likeness (QED) is 0.194. The topological polar surface area (TPSA) is 58.9 Å². The molecule has 1 aromatic heterocycles. The molecule has 0 radical (unpaired) electrons. The third kappa shape index (κ3) is 5.59. The molecule has 4 nitrogen and oxygen atoms in total. The van der Waals surface area contributed by atoms with Crippen molar-refractivity contribution in [3.05, 3.63) is 182 Å². The van der Waals surface area contributed by atoms with E-state index in [1.807, 2.05) is 66.7 Å². The number of aromatic hydroxyl groups is 1. The molecule has 0 aliphatic carbocycles. The first-order valence-electron chi connectivity index (χ1n) is 17.0. The van der Waals surface area contributed by atoms with Gasteiger partial charge in [0, 0.05) is 22.3 Å². The van der Waals surface area contributed by atoms with Crippen molar-refractivity contribution in [2.75, 3.05) is 0 Å². The van der Waals surface area contributed by atoms with Crippen LogP contribution < -0.4 is 0 Å². The van der Waals surface area contributed by atoms with Crippen molar-refractivity contribution < 1.29 is 5.11 Å². The predicted octanol–water partition coefficient (Wildman–Crippen LogP) is 11.9. The van der Waals surface area contributed by atoms with E-state index >= 15 is 0 Å². The summed E-state index contributed by atoms with van der Waals surface area (Å²) >= 11 is 0. The van der Waals surface area contributed by atoms with Gasteiger partial charge < -0.3 is 5.11 Å². The maximum Gasteiger partial charge on any atom is 0.165 e. The highest BCUT2D eigenvalue weighted by Crippen LogP contribution is 2.46. The monoisotopic (exact) mass is 653 g/mol. The lowest BCUT2D eigenvalue weighted by molar-refractivity contribution is 0.477. The van der Waals surface area contributed by atoms with Gasteiger partial charge in [-0.25, -0.2) is 15.0 Å². The Labute approximate surface area is 296 Å². The van der Waals surface area contributed by atoms with Gasteiger partial charge in [-0.1, -0.05) is 170 Å². The van der Waals surface area contributed by atoms with Gasteiger partial charge in [0.2, 0.25) is 0 Å². The lowest BCUT2D eigenvalue weighted by Gasteiger charge is -2.18. The van der Waals surface area contributed by atoms with Crippen LogP contribution in [0.15, 0.2) is 182 Å². The molecule has 0 saturated heterocycles. The van der Waals surface area contributed by atoms with Crippen LogP contribution in [0.2, 0.25) is 0 Å². The molecular formula is C47H31N3O. The molecule has 0 bridgehead atoms. The molecule has 0 amide bonds. The Morgan fingerprint density at radius 3 is 1.41 bits per heavy atom. The number of hydrogen-bond acceptors (Lipinski definition) is 4. The second kappa shape index (κ2) is 12.8. The van der Waals surface area contributed by atoms with Crippen molar-refractivity contribution in [3.63, 3.8) is 0 Å². The minimum Gasteiger partial charge on any atom is -0.507 e. The number of aromatic nitrogens is 3. The Morgan fingerprint density at radius 2 is 0.765 bits per heavy atom. The lowest BCUT2D eigenvalue weighted by atomic mass is 9.88. The van der Waals surface area contributed by atoms with Gasteiger partial charge in [-0.3, -0.25) is 0 Å². The summed E-state index contributed by atoms with van der Waals surface area (Å²) in [7, 11) is 0. The molecule has 0 atom stereocenters. The number of benzene rings is 8. The Morgan fingerprint density at radius 1 is 0.294 bits per heavy atom. The number of phenolic OH excluding ortho intramolecular Hbond substituents is 1. The van der Waals surface area contributed by atoms with Crippen molar-refractivity contribution in [3.8, 4) is 73.3 Å². The summed E-state index contributed by atoms with van der Waals surface area (Å²) in [5.41, 5.74) is 8.27. The van der Waals surface area contributed by atoms with E-state index in [0.717, 1.165) is 49.7 Å². The molecule has 8 aromatic carbocycles. The van der Waals surface area contributed by atoms with Gasteiger partial charge in [0.1, 0.15) is 5.75 Å². The molecule has 0 unspecified atom stereocenters. The van der Waals surface area contributed by atoms with Crippen molar-refractivity contribution >= 4 is 21.5 Å². The summed E-state index contributed by atoms with van der Waals surface area (Å²) in [6.45, 7) is 0. The molecular weight excluding hydrogens is 623 g/mol. The lowest BCUT2D eigenvalue weighted by Crippen LogP contribution is -2.02. The average Bonchev–Trinajstić information content (AvgIpc) is 3.21. The van der Waals surface area contributed by atoms with Crippen LogP contribution >= 0.6 is 0 Å². The zero-order chi connectivity index (χ0) is 34.1. The molecule has 0 fully saturated rings. The van der Waals surface area contributed by atoms with Crippen molar-refractivity contribution in [2.45, 2.75) is 0 Å². The Bertz CT molecular complexity index is 2680. The van der Waals surface area contributed by atoms with Crippen molar-refractivity contribution in [1.82, 2.24) is 15.0 Å². The molecule has 0 aliphatic heterocycles. The Hall–Kier alpha value is -6.91. The van der Waals surface area contributed by atoms with Gasteiger partial charge in [-0.05, 0) is 61.5 Å². The van der Waals surface area contributed by atoms with Gasteiger partial charge in [0.25, 0.3) is 0 Å². The fraction of sp³-hybridized carbons (Fsp3) is 0. The maximum absolute atomic E-state index is 11.6. The summed E-state index contributed by atoms with van der Waals surface area (Å²) in [5.74, 6) is 1.74. The normalized spacial score (nSPS) is 11.2. The molecule has 1 heterocycles. The van der Waals surface area contributed by atoms with Crippen molar-refractivity contribution in [1.29, 1.82) is 0 Å². The summed E-state index contributed by atoms with van der Waals surface area (Å²) in [4.78, 5) is 15.4. The first-order valence-corrected chi connectivity index (χ1v) is 17.0. The molecule has 51 heavy (non-hydrogen) atoms. The molecule has 240 valence electrons. The zero-order valence-electron chi connectivity index (χ0n) is 27.6. The van der Waals surface area contributed by atoms with E-state index < -0.39 is 0 Å². The minimum absolute atomic E-state index is 0.155. The molecule has 9 rings (SSSR count). The molecule has 0 saturated carbocycles. The molecule has 1 N–H and O–H groups in total.